The summed E-state index contributed by atoms with van der Waals surface area (Å²) in [7, 11) is 0. The monoisotopic (exact) mass is 262 g/mol. The van der Waals surface area contributed by atoms with Crippen molar-refractivity contribution in [3.63, 3.8) is 0 Å². The predicted octanol–water partition coefficient (Wildman–Crippen LogP) is 4.12. The van der Waals surface area contributed by atoms with E-state index in [1.165, 1.54) is 43.4 Å². The van der Waals surface area contributed by atoms with Crippen molar-refractivity contribution in [1.82, 2.24) is 0 Å². The van der Waals surface area contributed by atoms with E-state index in [1.54, 1.807) is 0 Å². The fraction of sp³-hybridized carbons (Fsp3) is 0.647. The molecule has 0 aliphatic carbocycles. The lowest BCUT2D eigenvalue weighted by Gasteiger charge is -2.25. The molecule has 0 unspecified atom stereocenters. The first-order chi connectivity index (χ1) is 9.27. The quantitative estimate of drug-likeness (QED) is 0.643. The van der Waals surface area contributed by atoms with Crippen molar-refractivity contribution in [1.29, 1.82) is 0 Å². The Morgan fingerprint density at radius 1 is 0.895 bits per heavy atom. The average molecular weight is 262 g/mol. The van der Waals surface area contributed by atoms with Crippen LogP contribution in [0.1, 0.15) is 51.0 Å². The van der Waals surface area contributed by atoms with Crippen molar-refractivity contribution >= 4 is 5.69 Å². The van der Waals surface area contributed by atoms with Crippen LogP contribution in [0.25, 0.3) is 0 Å². The van der Waals surface area contributed by atoms with E-state index in [0.29, 0.717) is 0 Å². The molecular weight excluding hydrogens is 232 g/mol. The van der Waals surface area contributed by atoms with Crippen LogP contribution in [0.15, 0.2) is 24.3 Å². The van der Waals surface area contributed by atoms with Crippen molar-refractivity contribution in [3.8, 4) is 0 Å². The second kappa shape index (κ2) is 9.85. The minimum absolute atomic E-state index is 0.776. The average Bonchev–Trinajstić information content (AvgIpc) is 2.43. The number of benzene rings is 1. The highest BCUT2D eigenvalue weighted by molar-refractivity contribution is 5.47. The van der Waals surface area contributed by atoms with E-state index in [-0.39, 0.29) is 0 Å². The summed E-state index contributed by atoms with van der Waals surface area (Å²) in [6.07, 6.45) is 7.76. The summed E-state index contributed by atoms with van der Waals surface area (Å²) in [5, 5.41) is 0. The number of hydrogen-bond donors (Lipinski definition) is 1. The maximum Gasteiger partial charge on any atom is 0.0366 e. The molecule has 0 atom stereocenters. The van der Waals surface area contributed by atoms with Gasteiger partial charge >= 0.3 is 0 Å². The molecule has 1 aromatic carbocycles. The molecule has 0 saturated heterocycles. The number of aryl methyl sites for hydroxylation is 1. The maximum absolute atomic E-state index is 5.65. The number of nitrogens with zero attached hydrogens (tertiary/aromatic N) is 1. The summed E-state index contributed by atoms with van der Waals surface area (Å²) >= 11 is 0. The van der Waals surface area contributed by atoms with Crippen molar-refractivity contribution < 1.29 is 0 Å². The Balaban J connectivity index is 2.44. The number of nitrogens with two attached hydrogens (primary N) is 1. The Morgan fingerprint density at radius 3 is 2.16 bits per heavy atom. The lowest BCUT2D eigenvalue weighted by molar-refractivity contribution is 0.612. The van der Waals surface area contributed by atoms with Gasteiger partial charge in [-0.25, -0.2) is 0 Å². The van der Waals surface area contributed by atoms with E-state index in [1.807, 2.05) is 0 Å². The van der Waals surface area contributed by atoms with Crippen LogP contribution in [0.5, 0.6) is 0 Å². The van der Waals surface area contributed by atoms with E-state index in [9.17, 15) is 0 Å². The van der Waals surface area contributed by atoms with Gasteiger partial charge in [0.05, 0.1) is 0 Å². The summed E-state index contributed by atoms with van der Waals surface area (Å²) in [6.45, 7) is 7.41. The molecule has 2 nitrogen and oxygen atoms in total. The van der Waals surface area contributed by atoms with Crippen LogP contribution in [-0.4, -0.2) is 19.6 Å². The fourth-order valence-corrected chi connectivity index (χ4v) is 2.31. The van der Waals surface area contributed by atoms with Gasteiger partial charge in [-0.2, -0.15) is 0 Å². The molecule has 0 aliphatic rings. The first-order valence-electron chi connectivity index (χ1n) is 7.79. The molecule has 2 heteroatoms. The van der Waals surface area contributed by atoms with E-state index in [4.69, 9.17) is 5.73 Å². The molecule has 0 saturated carbocycles. The Hall–Kier alpha value is -1.02. The van der Waals surface area contributed by atoms with Crippen LogP contribution in [0.3, 0.4) is 0 Å². The largest absolute Gasteiger partial charge is 0.371 e. The minimum Gasteiger partial charge on any atom is -0.371 e. The third kappa shape index (κ3) is 6.63. The Kier molecular flexibility index (Phi) is 8.31. The Morgan fingerprint density at radius 2 is 1.53 bits per heavy atom. The third-order valence-corrected chi connectivity index (χ3v) is 3.56. The Bertz CT molecular complexity index is 319. The number of rotatable bonds is 10. The van der Waals surface area contributed by atoms with Gasteiger partial charge in [0.2, 0.25) is 0 Å². The normalized spacial score (nSPS) is 10.7. The first-order valence-corrected chi connectivity index (χ1v) is 7.79. The molecule has 0 heterocycles. The molecule has 108 valence electrons. The van der Waals surface area contributed by atoms with Crippen LogP contribution >= 0.6 is 0 Å². The highest BCUT2D eigenvalue weighted by atomic mass is 15.1. The van der Waals surface area contributed by atoms with Crippen LogP contribution in [0.2, 0.25) is 0 Å². The van der Waals surface area contributed by atoms with Crippen molar-refractivity contribution in [3.05, 3.63) is 29.8 Å². The zero-order valence-electron chi connectivity index (χ0n) is 12.7. The van der Waals surface area contributed by atoms with Crippen LogP contribution in [-0.2, 0) is 0 Å². The lowest BCUT2D eigenvalue weighted by Crippen LogP contribution is -2.27. The lowest BCUT2D eigenvalue weighted by atomic mass is 10.1. The van der Waals surface area contributed by atoms with Crippen molar-refractivity contribution in [2.24, 2.45) is 5.73 Å². The van der Waals surface area contributed by atoms with Gasteiger partial charge in [0.1, 0.15) is 0 Å². The smallest absolute Gasteiger partial charge is 0.0366 e. The van der Waals surface area contributed by atoms with E-state index >= 15 is 0 Å². The zero-order chi connectivity index (χ0) is 13.9. The summed E-state index contributed by atoms with van der Waals surface area (Å²) in [5.41, 5.74) is 8.31. The second-order valence-corrected chi connectivity index (χ2v) is 5.38. The zero-order valence-corrected chi connectivity index (χ0v) is 12.7. The third-order valence-electron chi connectivity index (χ3n) is 3.56. The number of hydrogen-bond acceptors (Lipinski definition) is 2. The second-order valence-electron chi connectivity index (χ2n) is 5.38. The molecule has 0 bridgehead atoms. The molecule has 0 aliphatic heterocycles. The minimum atomic E-state index is 0.776. The SMILES string of the molecule is CCCCCCCN(CCCN)c1ccc(C)cc1. The maximum atomic E-state index is 5.65. The van der Waals surface area contributed by atoms with Gasteiger partial charge in [-0.05, 0) is 38.4 Å². The summed E-state index contributed by atoms with van der Waals surface area (Å²) in [6, 6.07) is 8.86. The highest BCUT2D eigenvalue weighted by Crippen LogP contribution is 2.16. The van der Waals surface area contributed by atoms with E-state index in [0.717, 1.165) is 26.1 Å². The molecule has 0 amide bonds. The van der Waals surface area contributed by atoms with E-state index in [2.05, 4.69) is 43.0 Å². The van der Waals surface area contributed by atoms with Crippen LogP contribution in [0, 0.1) is 6.92 Å². The molecule has 1 rings (SSSR count). The predicted molar refractivity (Wildman–Crippen MR) is 85.8 cm³/mol. The molecule has 0 fully saturated rings. The highest BCUT2D eigenvalue weighted by Gasteiger charge is 2.05. The Labute approximate surface area is 119 Å². The van der Waals surface area contributed by atoms with Gasteiger partial charge in [-0.15, -0.1) is 0 Å². The van der Waals surface area contributed by atoms with Gasteiger partial charge < -0.3 is 10.6 Å². The number of anilines is 1. The van der Waals surface area contributed by atoms with Crippen molar-refractivity contribution in [2.45, 2.75) is 52.4 Å². The molecule has 0 aromatic heterocycles. The number of unbranched alkanes of at least 4 members (excludes halogenated alkanes) is 4. The molecule has 0 spiro atoms. The van der Waals surface area contributed by atoms with Gasteiger partial charge in [0.25, 0.3) is 0 Å². The van der Waals surface area contributed by atoms with Crippen molar-refractivity contribution in [2.75, 3.05) is 24.5 Å². The molecule has 2 N–H and O–H groups in total. The van der Waals surface area contributed by atoms with Gasteiger partial charge in [0.15, 0.2) is 0 Å². The molecular formula is C17H30N2. The summed E-state index contributed by atoms with van der Waals surface area (Å²) < 4.78 is 0. The summed E-state index contributed by atoms with van der Waals surface area (Å²) in [4.78, 5) is 2.48. The molecule has 1 aromatic rings. The van der Waals surface area contributed by atoms with Gasteiger partial charge in [-0.1, -0.05) is 50.3 Å². The first kappa shape index (κ1) is 16.0. The van der Waals surface area contributed by atoms with Crippen LogP contribution < -0.4 is 10.6 Å². The van der Waals surface area contributed by atoms with E-state index < -0.39 is 0 Å². The van der Waals surface area contributed by atoms with Gasteiger partial charge in [0, 0.05) is 18.8 Å². The fourth-order valence-electron chi connectivity index (χ4n) is 2.31. The van der Waals surface area contributed by atoms with Gasteiger partial charge in [-0.3, -0.25) is 0 Å². The standard InChI is InChI=1S/C17H30N2/c1-3-4-5-6-7-14-19(15-8-13-18)17-11-9-16(2)10-12-17/h9-12H,3-8,13-15,18H2,1-2H3. The topological polar surface area (TPSA) is 29.3 Å². The molecule has 0 radical (unpaired) electrons. The molecule has 19 heavy (non-hydrogen) atoms. The summed E-state index contributed by atoms with van der Waals surface area (Å²) in [5.74, 6) is 0. The van der Waals surface area contributed by atoms with Crippen LogP contribution in [0.4, 0.5) is 5.69 Å².